The van der Waals surface area contributed by atoms with E-state index in [-0.39, 0.29) is 36.3 Å². The summed E-state index contributed by atoms with van der Waals surface area (Å²) in [6.07, 6.45) is 1.98. The molecule has 34 heavy (non-hydrogen) atoms. The molecule has 3 heterocycles. The average molecular weight is 474 g/mol. The van der Waals surface area contributed by atoms with E-state index in [0.29, 0.717) is 45.9 Å². The fourth-order valence-electron chi connectivity index (χ4n) is 4.08. The molecule has 11 heteroatoms. The number of piperazine rings is 1. The zero-order valence-corrected chi connectivity index (χ0v) is 20.2. The predicted octanol–water partition coefficient (Wildman–Crippen LogP) is 0.362. The number of anilines is 3. The van der Waals surface area contributed by atoms with Gasteiger partial charge in [-0.3, -0.25) is 19.1 Å². The molecule has 1 amide bonds. The largest absolute Gasteiger partial charge is 0.383 e. The number of hydrogen-bond donors (Lipinski definition) is 2. The second-order valence-electron chi connectivity index (χ2n) is 8.78. The number of nitrogens with one attached hydrogen (secondary N) is 1. The van der Waals surface area contributed by atoms with E-state index in [4.69, 9.17) is 10.5 Å². The lowest BCUT2D eigenvalue weighted by molar-refractivity contribution is -0.131. The molecule has 0 bridgehead atoms. The smallest absolute Gasteiger partial charge is 0.330 e. The number of nitrogens with zero attached hydrogens (tertiary/aromatic N) is 5. The molecule has 0 aliphatic carbocycles. The summed E-state index contributed by atoms with van der Waals surface area (Å²) in [5.74, 6) is 1.19. The first-order valence-corrected chi connectivity index (χ1v) is 11.6. The molecule has 3 N–H and O–H groups in total. The van der Waals surface area contributed by atoms with Gasteiger partial charge in [-0.1, -0.05) is 19.9 Å². The Balaban J connectivity index is 1.69. The van der Waals surface area contributed by atoms with Crippen molar-refractivity contribution in [2.75, 3.05) is 68.5 Å². The second kappa shape index (κ2) is 11.7. The van der Waals surface area contributed by atoms with Crippen LogP contribution in [0.25, 0.3) is 0 Å². The van der Waals surface area contributed by atoms with Gasteiger partial charge in [-0.25, -0.2) is 9.78 Å². The highest BCUT2D eigenvalue weighted by Gasteiger charge is 2.24. The number of H-pyrrole nitrogens is 1. The molecule has 11 nitrogen and oxygen atoms in total. The third-order valence-electron chi connectivity index (χ3n) is 5.84. The fourth-order valence-corrected chi connectivity index (χ4v) is 4.08. The minimum absolute atomic E-state index is 0.00795. The van der Waals surface area contributed by atoms with Crippen molar-refractivity contribution in [3.8, 4) is 0 Å². The van der Waals surface area contributed by atoms with Gasteiger partial charge in [0, 0.05) is 65.5 Å². The molecule has 0 spiro atoms. The van der Waals surface area contributed by atoms with Crippen LogP contribution in [0.15, 0.2) is 34.0 Å². The number of aromatic amines is 1. The quantitative estimate of drug-likeness (QED) is 0.506. The zero-order chi connectivity index (χ0) is 24.7. The summed E-state index contributed by atoms with van der Waals surface area (Å²) in [6.45, 7) is 7.94. The summed E-state index contributed by atoms with van der Waals surface area (Å²) in [7, 11) is 1.57. The average Bonchev–Trinajstić information content (AvgIpc) is 2.83. The van der Waals surface area contributed by atoms with Gasteiger partial charge in [-0.15, -0.1) is 0 Å². The molecule has 1 saturated heterocycles. The first-order valence-electron chi connectivity index (χ1n) is 11.6. The van der Waals surface area contributed by atoms with Gasteiger partial charge in [-0.05, 0) is 18.1 Å². The van der Waals surface area contributed by atoms with Gasteiger partial charge in [0.1, 0.15) is 17.3 Å². The van der Waals surface area contributed by atoms with Gasteiger partial charge >= 0.3 is 5.69 Å². The van der Waals surface area contributed by atoms with Crippen LogP contribution in [-0.2, 0) is 16.1 Å². The van der Waals surface area contributed by atoms with Crippen molar-refractivity contribution in [2.45, 2.75) is 26.8 Å². The number of carbonyl (C=O) groups is 1. The van der Waals surface area contributed by atoms with Gasteiger partial charge in [0.2, 0.25) is 5.91 Å². The monoisotopic (exact) mass is 473 g/mol. The summed E-state index contributed by atoms with van der Waals surface area (Å²) in [4.78, 5) is 50.4. The number of methoxy groups -OCH3 is 1. The van der Waals surface area contributed by atoms with Gasteiger partial charge in [0.25, 0.3) is 5.56 Å². The Morgan fingerprint density at radius 3 is 2.56 bits per heavy atom. The summed E-state index contributed by atoms with van der Waals surface area (Å²) in [5.41, 5.74) is 5.38. The Morgan fingerprint density at radius 2 is 1.94 bits per heavy atom. The number of rotatable bonds is 10. The Kier molecular flexibility index (Phi) is 8.69. The van der Waals surface area contributed by atoms with Crippen LogP contribution in [-0.4, -0.2) is 78.3 Å². The van der Waals surface area contributed by atoms with Crippen LogP contribution >= 0.6 is 0 Å². The van der Waals surface area contributed by atoms with Crippen molar-refractivity contribution in [3.05, 3.63) is 45.2 Å². The van der Waals surface area contributed by atoms with Gasteiger partial charge in [0.15, 0.2) is 0 Å². The first kappa shape index (κ1) is 25.3. The fraction of sp³-hybridized carbons (Fsp3) is 0.565. The Morgan fingerprint density at radius 1 is 1.21 bits per heavy atom. The van der Waals surface area contributed by atoms with Crippen LogP contribution in [0.5, 0.6) is 0 Å². The molecule has 1 aliphatic heterocycles. The van der Waals surface area contributed by atoms with E-state index in [1.165, 1.54) is 4.57 Å². The summed E-state index contributed by atoms with van der Waals surface area (Å²) < 4.78 is 6.57. The van der Waals surface area contributed by atoms with Crippen molar-refractivity contribution in [2.24, 2.45) is 5.92 Å². The van der Waals surface area contributed by atoms with Gasteiger partial charge in [0.05, 0.1) is 6.61 Å². The van der Waals surface area contributed by atoms with Crippen molar-refractivity contribution in [1.29, 1.82) is 0 Å². The molecule has 0 saturated carbocycles. The number of carbonyl (C=O) groups excluding carboxylic acids is 1. The third-order valence-corrected chi connectivity index (χ3v) is 5.84. The van der Waals surface area contributed by atoms with Crippen LogP contribution < -0.4 is 26.8 Å². The molecule has 3 rings (SSSR count). The Labute approximate surface area is 199 Å². The van der Waals surface area contributed by atoms with E-state index in [0.717, 1.165) is 5.82 Å². The SMILES string of the molecule is COCCN(CCC(=O)N1CCN(c2ccccn2)CC1)c1c(N)n(CC(C)C)c(=O)[nH]c1=O. The van der Waals surface area contributed by atoms with E-state index in [2.05, 4.69) is 14.9 Å². The molecule has 0 atom stereocenters. The minimum Gasteiger partial charge on any atom is -0.383 e. The van der Waals surface area contributed by atoms with Gasteiger partial charge in [-0.2, -0.15) is 0 Å². The molecule has 1 aliphatic rings. The maximum Gasteiger partial charge on any atom is 0.330 e. The number of nitrogens with two attached hydrogens (primary N) is 1. The van der Waals surface area contributed by atoms with Crippen molar-refractivity contribution >= 4 is 23.2 Å². The molecule has 2 aromatic rings. The van der Waals surface area contributed by atoms with E-state index in [9.17, 15) is 14.4 Å². The molecular weight excluding hydrogens is 438 g/mol. The normalized spacial score (nSPS) is 14.0. The van der Waals surface area contributed by atoms with Crippen LogP contribution in [0.3, 0.4) is 0 Å². The molecule has 0 radical (unpaired) electrons. The number of nitrogen functional groups attached to an aromatic ring is 1. The number of amides is 1. The molecule has 0 aromatic carbocycles. The maximum absolute atomic E-state index is 12.9. The summed E-state index contributed by atoms with van der Waals surface area (Å²) in [6, 6.07) is 5.79. The molecule has 1 fully saturated rings. The maximum atomic E-state index is 12.9. The topological polar surface area (TPSA) is 130 Å². The predicted molar refractivity (Wildman–Crippen MR) is 132 cm³/mol. The number of hydrogen-bond acceptors (Lipinski definition) is 8. The van der Waals surface area contributed by atoms with E-state index >= 15 is 0 Å². The summed E-state index contributed by atoms with van der Waals surface area (Å²) in [5, 5.41) is 0. The number of ether oxygens (including phenoxy) is 1. The summed E-state index contributed by atoms with van der Waals surface area (Å²) >= 11 is 0. The highest BCUT2D eigenvalue weighted by Crippen LogP contribution is 2.19. The highest BCUT2D eigenvalue weighted by atomic mass is 16.5. The van der Waals surface area contributed by atoms with Crippen LogP contribution in [0, 0.1) is 5.92 Å². The van der Waals surface area contributed by atoms with E-state index in [1.54, 1.807) is 18.2 Å². The van der Waals surface area contributed by atoms with E-state index in [1.807, 2.05) is 36.9 Å². The van der Waals surface area contributed by atoms with Crippen molar-refractivity contribution in [1.82, 2.24) is 19.4 Å². The number of pyridine rings is 1. The molecule has 0 unspecified atom stereocenters. The van der Waals surface area contributed by atoms with Crippen LogP contribution in [0.1, 0.15) is 20.3 Å². The number of aromatic nitrogens is 3. The third kappa shape index (κ3) is 6.16. The Hall–Kier alpha value is -3.34. The van der Waals surface area contributed by atoms with E-state index < -0.39 is 11.2 Å². The lowest BCUT2D eigenvalue weighted by Gasteiger charge is -2.36. The van der Waals surface area contributed by atoms with Crippen molar-refractivity contribution in [3.63, 3.8) is 0 Å². The van der Waals surface area contributed by atoms with Gasteiger partial charge < -0.3 is 25.2 Å². The minimum atomic E-state index is -0.560. The van der Waals surface area contributed by atoms with Crippen LogP contribution in [0.4, 0.5) is 17.3 Å². The lowest BCUT2D eigenvalue weighted by atomic mass is 10.2. The van der Waals surface area contributed by atoms with Crippen molar-refractivity contribution < 1.29 is 9.53 Å². The Bertz CT molecular complexity index is 1060. The first-order chi connectivity index (χ1) is 16.3. The molecule has 2 aromatic heterocycles. The lowest BCUT2D eigenvalue weighted by Crippen LogP contribution is -2.49. The zero-order valence-electron chi connectivity index (χ0n) is 20.2. The molecular formula is C23H35N7O4. The standard InChI is InChI=1S/C23H35N7O4/c1-17(2)16-30-21(24)20(22(32)26-23(30)33)29(14-15-34-3)9-7-19(31)28-12-10-27(11-13-28)18-6-4-5-8-25-18/h4-6,8,17H,7,9-16,24H2,1-3H3,(H,26,32,33). The van der Waals surface area contributed by atoms with Crippen LogP contribution in [0.2, 0.25) is 0 Å². The highest BCUT2D eigenvalue weighted by molar-refractivity contribution is 5.77. The molecule has 186 valence electrons. The second-order valence-corrected chi connectivity index (χ2v) is 8.78.